The molecule has 3 nitrogen and oxygen atoms in total. The van der Waals surface area contributed by atoms with E-state index in [9.17, 15) is 9.90 Å². The number of ketones is 1. The van der Waals surface area contributed by atoms with Crippen LogP contribution in [0.15, 0.2) is 12.1 Å². The molecule has 0 radical (unpaired) electrons. The number of likely N-dealkylation sites (N-methyl/N-ethyl adjacent to an activating group) is 1. The summed E-state index contributed by atoms with van der Waals surface area (Å²) in [5.41, 5.74) is 3.22. The normalized spacial score (nSPS) is 12.8. The lowest BCUT2D eigenvalue weighted by Crippen LogP contribution is -2.36. The van der Waals surface area contributed by atoms with Crippen LogP contribution in [0.5, 0.6) is 5.75 Å². The lowest BCUT2D eigenvalue weighted by atomic mass is 9.94. The zero-order valence-electron chi connectivity index (χ0n) is 11.2. The average molecular weight is 235 g/mol. The number of nitrogens with zero attached hydrogens (tertiary/aromatic N) is 1. The quantitative estimate of drug-likeness (QED) is 0.868. The third kappa shape index (κ3) is 3.30. The molecular weight excluding hydrogens is 214 g/mol. The third-order valence-corrected chi connectivity index (χ3v) is 3.17. The summed E-state index contributed by atoms with van der Waals surface area (Å²) in [6.45, 7) is 5.56. The minimum Gasteiger partial charge on any atom is -0.508 e. The van der Waals surface area contributed by atoms with Gasteiger partial charge in [0.1, 0.15) is 11.5 Å². The zero-order chi connectivity index (χ0) is 13.2. The molecule has 0 spiro atoms. The highest BCUT2D eigenvalue weighted by Crippen LogP contribution is 2.22. The molecule has 1 aromatic rings. The molecule has 1 N–H and O–H groups in total. The van der Waals surface area contributed by atoms with Gasteiger partial charge in [0.2, 0.25) is 0 Å². The largest absolute Gasteiger partial charge is 0.508 e. The van der Waals surface area contributed by atoms with Crippen molar-refractivity contribution in [3.05, 3.63) is 28.8 Å². The minimum absolute atomic E-state index is 0.100. The Hall–Kier alpha value is -1.35. The number of Topliss-reactive ketones (excluding diaryl/α,β-unsaturated/α-hetero) is 1. The van der Waals surface area contributed by atoms with Crippen molar-refractivity contribution in [2.45, 2.75) is 33.2 Å². The summed E-state index contributed by atoms with van der Waals surface area (Å²) in [6.07, 6.45) is 0.695. The summed E-state index contributed by atoms with van der Waals surface area (Å²) < 4.78 is 0. The number of phenols is 1. The van der Waals surface area contributed by atoms with Gasteiger partial charge in [-0.05, 0) is 70.1 Å². The minimum atomic E-state index is -0.100. The van der Waals surface area contributed by atoms with Gasteiger partial charge in [0, 0.05) is 0 Å². The van der Waals surface area contributed by atoms with Gasteiger partial charge in [0.15, 0.2) is 0 Å². The van der Waals surface area contributed by atoms with Crippen LogP contribution in [0.2, 0.25) is 0 Å². The van der Waals surface area contributed by atoms with Gasteiger partial charge in [0.25, 0.3) is 0 Å². The van der Waals surface area contributed by atoms with E-state index < -0.39 is 0 Å². The molecule has 0 aliphatic rings. The van der Waals surface area contributed by atoms with Crippen LogP contribution < -0.4 is 0 Å². The predicted molar refractivity (Wildman–Crippen MR) is 69.4 cm³/mol. The van der Waals surface area contributed by atoms with Gasteiger partial charge in [0.05, 0.1) is 6.04 Å². The van der Waals surface area contributed by atoms with Crippen molar-refractivity contribution in [2.24, 2.45) is 0 Å². The zero-order valence-corrected chi connectivity index (χ0v) is 11.2. The maximum Gasteiger partial charge on any atom is 0.147 e. The number of carbonyl (C=O) groups excluding carboxylic acids is 1. The molecule has 1 rings (SSSR count). The number of aryl methyl sites for hydroxylation is 2. The number of carbonyl (C=O) groups is 1. The van der Waals surface area contributed by atoms with Crippen LogP contribution in [-0.4, -0.2) is 35.9 Å². The maximum absolute atomic E-state index is 11.6. The molecule has 0 heterocycles. The molecule has 0 aromatic heterocycles. The molecule has 3 heteroatoms. The van der Waals surface area contributed by atoms with Crippen LogP contribution in [-0.2, 0) is 11.2 Å². The molecule has 1 atom stereocenters. The van der Waals surface area contributed by atoms with Crippen LogP contribution >= 0.6 is 0 Å². The second-order valence-electron chi connectivity index (χ2n) is 4.85. The number of hydrogen-bond donors (Lipinski definition) is 1. The van der Waals surface area contributed by atoms with E-state index in [2.05, 4.69) is 0 Å². The summed E-state index contributed by atoms with van der Waals surface area (Å²) in [5, 5.41) is 9.49. The van der Waals surface area contributed by atoms with Gasteiger partial charge >= 0.3 is 0 Å². The van der Waals surface area contributed by atoms with Gasteiger partial charge < -0.3 is 5.11 Å². The fourth-order valence-electron chi connectivity index (χ4n) is 2.18. The molecule has 0 aliphatic carbocycles. The van der Waals surface area contributed by atoms with Gasteiger partial charge in [-0.2, -0.15) is 0 Å². The first-order chi connectivity index (χ1) is 7.82. The van der Waals surface area contributed by atoms with Crippen molar-refractivity contribution in [3.63, 3.8) is 0 Å². The van der Waals surface area contributed by atoms with Crippen LogP contribution in [0.1, 0.15) is 23.6 Å². The van der Waals surface area contributed by atoms with E-state index in [1.807, 2.05) is 32.8 Å². The number of aromatic hydroxyl groups is 1. The monoisotopic (exact) mass is 235 g/mol. The lowest BCUT2D eigenvalue weighted by molar-refractivity contribution is -0.121. The molecule has 0 aliphatic heterocycles. The highest BCUT2D eigenvalue weighted by Gasteiger charge is 2.19. The Morgan fingerprint density at radius 3 is 2.12 bits per heavy atom. The Labute approximate surface area is 103 Å². The predicted octanol–water partition coefficient (Wildman–Crippen LogP) is 2.07. The molecule has 17 heavy (non-hydrogen) atoms. The molecular formula is C14H21NO2. The lowest BCUT2D eigenvalue weighted by Gasteiger charge is -2.23. The molecule has 94 valence electrons. The van der Waals surface area contributed by atoms with Crippen molar-refractivity contribution >= 4 is 5.78 Å². The molecule has 1 aromatic carbocycles. The van der Waals surface area contributed by atoms with Crippen molar-refractivity contribution < 1.29 is 9.90 Å². The Morgan fingerprint density at radius 1 is 1.29 bits per heavy atom. The first-order valence-corrected chi connectivity index (χ1v) is 5.79. The van der Waals surface area contributed by atoms with E-state index in [0.29, 0.717) is 6.42 Å². The van der Waals surface area contributed by atoms with Gasteiger partial charge in [-0.25, -0.2) is 0 Å². The standard InChI is InChI=1S/C14H21NO2/c1-9-6-12(17)7-10(2)13(9)8-14(11(3)16)15(4)5/h6-7,14,17H,8H2,1-5H3/t14-/m0/s1. The van der Waals surface area contributed by atoms with Crippen LogP contribution in [0, 0.1) is 13.8 Å². The Morgan fingerprint density at radius 2 is 1.76 bits per heavy atom. The van der Waals surface area contributed by atoms with E-state index in [0.717, 1.165) is 16.7 Å². The summed E-state index contributed by atoms with van der Waals surface area (Å²) >= 11 is 0. The highest BCUT2D eigenvalue weighted by molar-refractivity contribution is 5.81. The van der Waals surface area contributed by atoms with E-state index in [4.69, 9.17) is 0 Å². The Balaban J connectivity index is 3.05. The van der Waals surface area contributed by atoms with Crippen LogP contribution in [0.4, 0.5) is 0 Å². The molecule has 0 saturated carbocycles. The van der Waals surface area contributed by atoms with Crippen molar-refractivity contribution in [1.29, 1.82) is 0 Å². The maximum atomic E-state index is 11.6. The van der Waals surface area contributed by atoms with E-state index in [1.165, 1.54) is 0 Å². The summed E-state index contributed by atoms with van der Waals surface area (Å²) in [4.78, 5) is 13.5. The van der Waals surface area contributed by atoms with Crippen molar-refractivity contribution in [2.75, 3.05) is 14.1 Å². The Bertz CT molecular complexity index is 401. The van der Waals surface area contributed by atoms with E-state index >= 15 is 0 Å². The summed E-state index contributed by atoms with van der Waals surface area (Å²) in [6, 6.07) is 3.39. The summed E-state index contributed by atoms with van der Waals surface area (Å²) in [7, 11) is 3.83. The van der Waals surface area contributed by atoms with Gasteiger partial charge in [-0.15, -0.1) is 0 Å². The summed E-state index contributed by atoms with van der Waals surface area (Å²) in [5.74, 6) is 0.454. The first-order valence-electron chi connectivity index (χ1n) is 5.79. The number of benzene rings is 1. The first kappa shape index (κ1) is 13.7. The Kier molecular flexibility index (Phi) is 4.29. The van der Waals surface area contributed by atoms with Crippen LogP contribution in [0.25, 0.3) is 0 Å². The van der Waals surface area contributed by atoms with Crippen molar-refractivity contribution in [3.8, 4) is 5.75 Å². The third-order valence-electron chi connectivity index (χ3n) is 3.17. The van der Waals surface area contributed by atoms with E-state index in [-0.39, 0.29) is 17.6 Å². The number of rotatable bonds is 4. The van der Waals surface area contributed by atoms with Gasteiger partial charge in [-0.3, -0.25) is 9.69 Å². The number of phenolic OH excluding ortho intramolecular Hbond substituents is 1. The van der Waals surface area contributed by atoms with E-state index in [1.54, 1.807) is 19.1 Å². The SMILES string of the molecule is CC(=O)[C@H](Cc1c(C)cc(O)cc1C)N(C)C. The second-order valence-corrected chi connectivity index (χ2v) is 4.85. The number of hydrogen-bond acceptors (Lipinski definition) is 3. The second kappa shape index (κ2) is 5.32. The molecule has 0 saturated heterocycles. The fourth-order valence-corrected chi connectivity index (χ4v) is 2.18. The fraction of sp³-hybridized carbons (Fsp3) is 0.500. The topological polar surface area (TPSA) is 40.5 Å². The van der Waals surface area contributed by atoms with Gasteiger partial charge in [-0.1, -0.05) is 0 Å². The highest BCUT2D eigenvalue weighted by atomic mass is 16.3. The van der Waals surface area contributed by atoms with Crippen LogP contribution in [0.3, 0.4) is 0 Å². The molecule has 0 amide bonds. The average Bonchev–Trinajstić information content (AvgIpc) is 2.14. The molecule has 0 bridgehead atoms. The molecule has 0 unspecified atom stereocenters. The smallest absolute Gasteiger partial charge is 0.147 e. The molecule has 0 fully saturated rings. The van der Waals surface area contributed by atoms with Crippen molar-refractivity contribution in [1.82, 2.24) is 4.90 Å².